The normalized spacial score (nSPS) is 10.8. The lowest BCUT2D eigenvalue weighted by Crippen LogP contribution is -2.14. The van der Waals surface area contributed by atoms with Crippen LogP contribution in [-0.2, 0) is 0 Å². The number of amides is 1. The number of aromatic nitrogens is 4. The SMILES string of the molecule is CCOc1ccccc1-c1csc(NC(=O)c2nnn(-c3ccc(C)cc3)c2C)n1. The minimum atomic E-state index is -0.343. The molecule has 8 heteroatoms. The van der Waals surface area contributed by atoms with Gasteiger partial charge in [-0.3, -0.25) is 10.1 Å². The minimum Gasteiger partial charge on any atom is -0.493 e. The van der Waals surface area contributed by atoms with Crippen molar-refractivity contribution in [2.45, 2.75) is 20.8 Å². The van der Waals surface area contributed by atoms with Gasteiger partial charge in [0.2, 0.25) is 0 Å². The Labute approximate surface area is 178 Å². The average molecular weight is 420 g/mol. The van der Waals surface area contributed by atoms with E-state index in [9.17, 15) is 4.79 Å². The van der Waals surface area contributed by atoms with Crippen LogP contribution in [0, 0.1) is 13.8 Å². The van der Waals surface area contributed by atoms with Crippen molar-refractivity contribution in [3.8, 4) is 22.7 Å². The molecule has 0 unspecified atom stereocenters. The topological polar surface area (TPSA) is 81.9 Å². The lowest BCUT2D eigenvalue weighted by atomic mass is 10.1. The second kappa shape index (κ2) is 8.46. The molecule has 0 aliphatic rings. The quantitative estimate of drug-likeness (QED) is 0.492. The second-order valence-electron chi connectivity index (χ2n) is 6.69. The van der Waals surface area contributed by atoms with E-state index < -0.39 is 0 Å². The van der Waals surface area contributed by atoms with Crippen LogP contribution in [0.3, 0.4) is 0 Å². The Hall–Kier alpha value is -3.52. The van der Waals surface area contributed by atoms with Gasteiger partial charge < -0.3 is 4.74 Å². The van der Waals surface area contributed by atoms with Crippen LogP contribution in [0.5, 0.6) is 5.75 Å². The molecule has 4 rings (SSSR count). The van der Waals surface area contributed by atoms with E-state index in [1.807, 2.05) is 74.7 Å². The van der Waals surface area contributed by atoms with Crippen molar-refractivity contribution >= 4 is 22.4 Å². The molecule has 0 saturated carbocycles. The fourth-order valence-corrected chi connectivity index (χ4v) is 3.75. The average Bonchev–Trinajstić information content (AvgIpc) is 3.36. The molecule has 4 aromatic rings. The molecule has 152 valence electrons. The number of hydrogen-bond donors (Lipinski definition) is 1. The zero-order chi connectivity index (χ0) is 21.1. The summed E-state index contributed by atoms with van der Waals surface area (Å²) in [5, 5.41) is 13.4. The highest BCUT2D eigenvalue weighted by Crippen LogP contribution is 2.32. The maximum atomic E-state index is 12.8. The van der Waals surface area contributed by atoms with Crippen molar-refractivity contribution in [1.82, 2.24) is 20.0 Å². The first-order chi connectivity index (χ1) is 14.6. The van der Waals surface area contributed by atoms with Crippen LogP contribution in [0.15, 0.2) is 53.9 Å². The molecule has 0 fully saturated rings. The first kappa shape index (κ1) is 19.8. The van der Waals surface area contributed by atoms with E-state index in [-0.39, 0.29) is 11.6 Å². The second-order valence-corrected chi connectivity index (χ2v) is 7.55. The van der Waals surface area contributed by atoms with E-state index in [1.165, 1.54) is 11.3 Å². The van der Waals surface area contributed by atoms with Gasteiger partial charge >= 0.3 is 0 Å². The summed E-state index contributed by atoms with van der Waals surface area (Å²) >= 11 is 1.35. The number of benzene rings is 2. The largest absolute Gasteiger partial charge is 0.493 e. The van der Waals surface area contributed by atoms with Gasteiger partial charge in [0.05, 0.1) is 23.7 Å². The van der Waals surface area contributed by atoms with Crippen molar-refractivity contribution in [3.63, 3.8) is 0 Å². The highest BCUT2D eigenvalue weighted by molar-refractivity contribution is 7.14. The third-order valence-corrected chi connectivity index (χ3v) is 5.33. The molecule has 2 aromatic carbocycles. The van der Waals surface area contributed by atoms with Gasteiger partial charge in [-0.1, -0.05) is 35.0 Å². The number of ether oxygens (including phenoxy) is 1. The van der Waals surface area contributed by atoms with Crippen LogP contribution in [-0.4, -0.2) is 32.5 Å². The first-order valence-corrected chi connectivity index (χ1v) is 10.4. The van der Waals surface area contributed by atoms with Gasteiger partial charge in [0.15, 0.2) is 10.8 Å². The number of rotatable bonds is 6. The van der Waals surface area contributed by atoms with Gasteiger partial charge in [-0.05, 0) is 45.0 Å². The molecule has 1 N–H and O–H groups in total. The number of hydrogen-bond acceptors (Lipinski definition) is 6. The lowest BCUT2D eigenvalue weighted by Gasteiger charge is -2.07. The van der Waals surface area contributed by atoms with Crippen LogP contribution < -0.4 is 10.1 Å². The summed E-state index contributed by atoms with van der Waals surface area (Å²) in [6.45, 7) is 6.35. The molecule has 0 spiro atoms. The fraction of sp³-hybridized carbons (Fsp3) is 0.182. The summed E-state index contributed by atoms with van der Waals surface area (Å²) in [5.41, 5.74) is 4.57. The maximum absolute atomic E-state index is 12.8. The predicted octanol–water partition coefficient (Wildman–Crippen LogP) is 4.66. The third kappa shape index (κ3) is 3.95. The highest BCUT2D eigenvalue weighted by Gasteiger charge is 2.19. The Bertz CT molecular complexity index is 1180. The van der Waals surface area contributed by atoms with E-state index in [0.29, 0.717) is 17.4 Å². The number of aryl methyl sites for hydroxylation is 1. The molecular formula is C22H21N5O2S. The molecule has 0 saturated heterocycles. The summed E-state index contributed by atoms with van der Waals surface area (Å²) < 4.78 is 7.33. The molecule has 0 atom stereocenters. The van der Waals surface area contributed by atoms with Gasteiger partial charge in [0, 0.05) is 10.9 Å². The molecule has 0 bridgehead atoms. The Morgan fingerprint density at radius 2 is 1.90 bits per heavy atom. The Morgan fingerprint density at radius 3 is 2.67 bits per heavy atom. The monoisotopic (exact) mass is 419 g/mol. The lowest BCUT2D eigenvalue weighted by molar-refractivity contribution is 0.102. The number of para-hydroxylation sites is 1. The highest BCUT2D eigenvalue weighted by atomic mass is 32.1. The smallest absolute Gasteiger partial charge is 0.279 e. The summed E-state index contributed by atoms with van der Waals surface area (Å²) in [7, 11) is 0. The summed E-state index contributed by atoms with van der Waals surface area (Å²) in [4.78, 5) is 17.3. The van der Waals surface area contributed by atoms with Gasteiger partial charge in [-0.15, -0.1) is 16.4 Å². The number of anilines is 1. The Balaban J connectivity index is 1.54. The first-order valence-electron chi connectivity index (χ1n) is 9.55. The fourth-order valence-electron chi connectivity index (χ4n) is 3.04. The van der Waals surface area contributed by atoms with E-state index in [1.54, 1.807) is 4.68 Å². The molecule has 0 aliphatic heterocycles. The Morgan fingerprint density at radius 1 is 1.13 bits per heavy atom. The summed E-state index contributed by atoms with van der Waals surface area (Å²) in [6.07, 6.45) is 0. The number of nitrogens with one attached hydrogen (secondary N) is 1. The zero-order valence-electron chi connectivity index (χ0n) is 16.9. The van der Waals surface area contributed by atoms with Crippen LogP contribution in [0.4, 0.5) is 5.13 Å². The number of carbonyl (C=O) groups is 1. The minimum absolute atomic E-state index is 0.266. The van der Waals surface area contributed by atoms with Crippen molar-refractivity contribution in [2.24, 2.45) is 0 Å². The van der Waals surface area contributed by atoms with E-state index in [2.05, 4.69) is 20.6 Å². The van der Waals surface area contributed by atoms with Crippen LogP contribution in [0.25, 0.3) is 16.9 Å². The summed E-state index contributed by atoms with van der Waals surface area (Å²) in [5.74, 6) is 0.421. The number of nitrogens with zero attached hydrogens (tertiary/aromatic N) is 4. The van der Waals surface area contributed by atoms with Gasteiger partial charge in [-0.2, -0.15) is 0 Å². The van der Waals surface area contributed by atoms with E-state index in [4.69, 9.17) is 4.74 Å². The zero-order valence-corrected chi connectivity index (χ0v) is 17.7. The number of carbonyl (C=O) groups excluding carboxylic acids is 1. The molecular weight excluding hydrogens is 398 g/mol. The molecule has 1 amide bonds. The summed E-state index contributed by atoms with van der Waals surface area (Å²) in [6, 6.07) is 15.6. The van der Waals surface area contributed by atoms with Crippen LogP contribution >= 0.6 is 11.3 Å². The van der Waals surface area contributed by atoms with Crippen molar-refractivity contribution in [1.29, 1.82) is 0 Å². The molecule has 0 radical (unpaired) electrons. The van der Waals surface area contributed by atoms with Crippen molar-refractivity contribution in [3.05, 3.63) is 70.9 Å². The van der Waals surface area contributed by atoms with Gasteiger partial charge in [0.1, 0.15) is 5.75 Å². The van der Waals surface area contributed by atoms with Gasteiger partial charge in [0.25, 0.3) is 5.91 Å². The van der Waals surface area contributed by atoms with Crippen LogP contribution in [0.2, 0.25) is 0 Å². The van der Waals surface area contributed by atoms with E-state index >= 15 is 0 Å². The molecule has 2 heterocycles. The molecule has 7 nitrogen and oxygen atoms in total. The Kier molecular flexibility index (Phi) is 5.58. The van der Waals surface area contributed by atoms with Gasteiger partial charge in [-0.25, -0.2) is 9.67 Å². The van der Waals surface area contributed by atoms with Crippen molar-refractivity contribution < 1.29 is 9.53 Å². The number of thiazole rings is 1. The molecule has 2 aromatic heterocycles. The van der Waals surface area contributed by atoms with Crippen molar-refractivity contribution in [2.75, 3.05) is 11.9 Å². The standard InChI is InChI=1S/C22H21N5O2S/c1-4-29-19-8-6-5-7-17(19)18-13-30-22(23-18)24-21(28)20-15(3)27(26-25-20)16-11-9-14(2)10-12-16/h5-13H,4H2,1-3H3,(H,23,24,28). The third-order valence-electron chi connectivity index (χ3n) is 4.58. The van der Waals surface area contributed by atoms with E-state index in [0.717, 1.165) is 28.3 Å². The molecule has 30 heavy (non-hydrogen) atoms. The maximum Gasteiger partial charge on any atom is 0.279 e. The predicted molar refractivity (Wildman–Crippen MR) is 118 cm³/mol. The van der Waals surface area contributed by atoms with Crippen LogP contribution in [0.1, 0.15) is 28.7 Å². The molecule has 0 aliphatic carbocycles.